The Morgan fingerprint density at radius 3 is 2.60 bits per heavy atom. The molecule has 1 atom stereocenters. The van der Waals surface area contributed by atoms with Crippen molar-refractivity contribution in [2.45, 2.75) is 24.3 Å². The molecule has 1 unspecified atom stereocenters. The second kappa shape index (κ2) is 6.69. The van der Waals surface area contributed by atoms with E-state index >= 15 is 0 Å². The van der Waals surface area contributed by atoms with Gasteiger partial charge in [-0.3, -0.25) is 4.79 Å². The summed E-state index contributed by atoms with van der Waals surface area (Å²) < 4.78 is 31.5. The third-order valence-corrected chi connectivity index (χ3v) is 4.11. The monoisotopic (exact) mass is 303 g/mol. The highest BCUT2D eigenvalue weighted by Gasteiger charge is 2.27. The molecule has 0 amide bonds. The van der Waals surface area contributed by atoms with Gasteiger partial charge in [0.2, 0.25) is 10.0 Å². The Bertz CT molecular complexity index is 584. The fraction of sp³-hybridized carbons (Fsp3) is 0.417. The molecular formula is C12H17NO6S. The minimum absolute atomic E-state index is 0.122. The highest BCUT2D eigenvalue weighted by atomic mass is 32.2. The molecule has 0 heterocycles. The van der Waals surface area contributed by atoms with Gasteiger partial charge in [-0.2, -0.15) is 4.72 Å². The molecule has 1 aromatic rings. The zero-order valence-corrected chi connectivity index (χ0v) is 12.0. The molecule has 1 aromatic carbocycles. The van der Waals surface area contributed by atoms with Gasteiger partial charge in [0.15, 0.2) is 0 Å². The van der Waals surface area contributed by atoms with Crippen molar-refractivity contribution < 1.29 is 28.2 Å². The molecule has 112 valence electrons. The van der Waals surface area contributed by atoms with Gasteiger partial charge in [0, 0.05) is 6.61 Å². The van der Waals surface area contributed by atoms with Crippen LogP contribution < -0.4 is 9.46 Å². The Kier molecular flexibility index (Phi) is 5.49. The maximum atomic E-state index is 12.2. The lowest BCUT2D eigenvalue weighted by atomic mass is 10.2. The number of ether oxygens (including phenoxy) is 1. The van der Waals surface area contributed by atoms with Crippen LogP contribution in [0.2, 0.25) is 0 Å². The van der Waals surface area contributed by atoms with Crippen LogP contribution in [0.25, 0.3) is 0 Å². The van der Waals surface area contributed by atoms with E-state index in [1.807, 2.05) is 4.72 Å². The van der Waals surface area contributed by atoms with Crippen molar-refractivity contribution in [3.63, 3.8) is 0 Å². The number of carbonyl (C=O) groups is 1. The van der Waals surface area contributed by atoms with Crippen LogP contribution in [0.5, 0.6) is 5.75 Å². The van der Waals surface area contributed by atoms with Crippen LogP contribution in [0.3, 0.4) is 0 Å². The van der Waals surface area contributed by atoms with Crippen molar-refractivity contribution in [2.75, 3.05) is 13.7 Å². The van der Waals surface area contributed by atoms with Gasteiger partial charge in [0.25, 0.3) is 0 Å². The number of carboxylic acids is 1. The molecule has 3 N–H and O–H groups in total. The van der Waals surface area contributed by atoms with Crippen LogP contribution in [-0.2, 0) is 14.8 Å². The number of methoxy groups -OCH3 is 1. The van der Waals surface area contributed by atoms with Crippen molar-refractivity contribution in [1.29, 1.82) is 0 Å². The summed E-state index contributed by atoms with van der Waals surface area (Å²) >= 11 is 0. The van der Waals surface area contributed by atoms with E-state index in [0.29, 0.717) is 5.56 Å². The number of benzene rings is 1. The number of aliphatic carboxylic acids is 1. The van der Waals surface area contributed by atoms with Crippen molar-refractivity contribution in [3.8, 4) is 5.75 Å². The predicted molar refractivity (Wildman–Crippen MR) is 71.2 cm³/mol. The van der Waals surface area contributed by atoms with Gasteiger partial charge in [-0.25, -0.2) is 8.42 Å². The van der Waals surface area contributed by atoms with Crippen LogP contribution in [0.1, 0.15) is 12.0 Å². The first-order chi connectivity index (χ1) is 9.31. The standard InChI is InChI=1S/C12H17NO6S/c1-8-3-4-10(19-2)11(7-8)20(17,18)13-9(5-6-14)12(15)16/h3-4,7,9,13-14H,5-6H2,1-2H3,(H,15,16). The Balaban J connectivity index is 3.16. The maximum absolute atomic E-state index is 12.2. The molecular weight excluding hydrogens is 286 g/mol. The average molecular weight is 303 g/mol. The van der Waals surface area contributed by atoms with Gasteiger partial charge < -0.3 is 14.9 Å². The molecule has 0 aliphatic rings. The topological polar surface area (TPSA) is 113 Å². The summed E-state index contributed by atoms with van der Waals surface area (Å²) in [6, 6.07) is 3.17. The van der Waals surface area contributed by atoms with Gasteiger partial charge in [0.05, 0.1) is 7.11 Å². The number of aliphatic hydroxyl groups is 1. The predicted octanol–water partition coefficient (Wildman–Crippen LogP) is 0.118. The molecule has 7 nitrogen and oxygen atoms in total. The van der Waals surface area contributed by atoms with Crippen LogP contribution in [0.15, 0.2) is 23.1 Å². The van der Waals surface area contributed by atoms with E-state index in [1.165, 1.54) is 19.2 Å². The third kappa shape index (κ3) is 3.92. The van der Waals surface area contributed by atoms with Crippen LogP contribution in [0, 0.1) is 6.92 Å². The number of carboxylic acid groups (broad SMARTS) is 1. The largest absolute Gasteiger partial charge is 0.495 e. The van der Waals surface area contributed by atoms with E-state index in [-0.39, 0.29) is 17.1 Å². The van der Waals surface area contributed by atoms with Gasteiger partial charge in [-0.1, -0.05) is 6.07 Å². The molecule has 0 spiro atoms. The average Bonchev–Trinajstić information content (AvgIpc) is 2.38. The summed E-state index contributed by atoms with van der Waals surface area (Å²) in [6.45, 7) is 1.27. The maximum Gasteiger partial charge on any atom is 0.321 e. The fourth-order valence-electron chi connectivity index (χ4n) is 1.61. The van der Waals surface area contributed by atoms with Crippen molar-refractivity contribution in [2.24, 2.45) is 0 Å². The highest BCUT2D eigenvalue weighted by Crippen LogP contribution is 2.24. The SMILES string of the molecule is COc1ccc(C)cc1S(=O)(=O)NC(CCO)C(=O)O. The normalized spacial score (nSPS) is 12.9. The Hall–Kier alpha value is -1.64. The Labute approximate surface area is 117 Å². The number of hydrogen-bond donors (Lipinski definition) is 3. The fourth-order valence-corrected chi connectivity index (χ4v) is 3.08. The number of hydrogen-bond acceptors (Lipinski definition) is 5. The molecule has 8 heteroatoms. The molecule has 0 saturated carbocycles. The molecule has 1 rings (SSSR count). The van der Waals surface area contributed by atoms with Crippen LogP contribution in [-0.4, -0.2) is 44.4 Å². The summed E-state index contributed by atoms with van der Waals surface area (Å²) in [4.78, 5) is 10.8. The van der Waals surface area contributed by atoms with E-state index in [9.17, 15) is 13.2 Å². The quantitative estimate of drug-likeness (QED) is 0.659. The van der Waals surface area contributed by atoms with Gasteiger partial charge >= 0.3 is 5.97 Å². The number of aryl methyl sites for hydroxylation is 1. The second-order valence-corrected chi connectivity index (χ2v) is 5.86. The zero-order chi connectivity index (χ0) is 15.3. The van der Waals surface area contributed by atoms with Gasteiger partial charge in [-0.05, 0) is 31.0 Å². The number of nitrogens with one attached hydrogen (secondary N) is 1. The summed E-state index contributed by atoms with van der Waals surface area (Å²) in [5, 5.41) is 17.7. The lowest BCUT2D eigenvalue weighted by molar-refractivity contribution is -0.139. The molecule has 0 aromatic heterocycles. The van der Waals surface area contributed by atoms with Crippen molar-refractivity contribution >= 4 is 16.0 Å². The van der Waals surface area contributed by atoms with Gasteiger partial charge in [-0.15, -0.1) is 0 Å². The van der Waals surface area contributed by atoms with Crippen LogP contribution >= 0.6 is 0 Å². The number of aliphatic hydroxyl groups excluding tert-OH is 1. The summed E-state index contributed by atoms with van der Waals surface area (Å²) in [6.07, 6.45) is -0.220. The van der Waals surface area contributed by atoms with E-state index in [0.717, 1.165) is 0 Å². The Morgan fingerprint density at radius 1 is 1.45 bits per heavy atom. The zero-order valence-electron chi connectivity index (χ0n) is 11.2. The van der Waals surface area contributed by atoms with Crippen LogP contribution in [0.4, 0.5) is 0 Å². The number of sulfonamides is 1. The third-order valence-electron chi connectivity index (χ3n) is 2.62. The lowest BCUT2D eigenvalue weighted by Crippen LogP contribution is -2.41. The van der Waals surface area contributed by atoms with E-state index < -0.39 is 28.6 Å². The minimum Gasteiger partial charge on any atom is -0.495 e. The molecule has 0 aliphatic carbocycles. The molecule has 0 bridgehead atoms. The van der Waals surface area contributed by atoms with Crippen molar-refractivity contribution in [1.82, 2.24) is 4.72 Å². The second-order valence-electron chi connectivity index (χ2n) is 4.18. The molecule has 0 radical (unpaired) electrons. The van der Waals surface area contributed by atoms with E-state index in [4.69, 9.17) is 14.9 Å². The number of rotatable bonds is 7. The van der Waals surface area contributed by atoms with E-state index in [2.05, 4.69) is 0 Å². The van der Waals surface area contributed by atoms with Crippen molar-refractivity contribution in [3.05, 3.63) is 23.8 Å². The van der Waals surface area contributed by atoms with E-state index in [1.54, 1.807) is 13.0 Å². The first-order valence-electron chi connectivity index (χ1n) is 5.82. The molecule has 0 aliphatic heterocycles. The Morgan fingerprint density at radius 2 is 2.10 bits per heavy atom. The summed E-state index contributed by atoms with van der Waals surface area (Å²) in [5.41, 5.74) is 0.695. The molecule has 20 heavy (non-hydrogen) atoms. The summed E-state index contributed by atoms with van der Waals surface area (Å²) in [7, 11) is -2.73. The lowest BCUT2D eigenvalue weighted by Gasteiger charge is -2.15. The first-order valence-corrected chi connectivity index (χ1v) is 7.30. The molecule has 0 fully saturated rings. The molecule has 0 saturated heterocycles. The van der Waals surface area contributed by atoms with Gasteiger partial charge in [0.1, 0.15) is 16.7 Å². The highest BCUT2D eigenvalue weighted by molar-refractivity contribution is 7.89. The first kappa shape index (κ1) is 16.4. The smallest absolute Gasteiger partial charge is 0.321 e. The minimum atomic E-state index is -4.06. The summed E-state index contributed by atoms with van der Waals surface area (Å²) in [5.74, 6) is -1.23.